The number of ether oxygens (including phenoxy) is 1. The van der Waals surface area contributed by atoms with Crippen molar-refractivity contribution in [1.82, 2.24) is 20.6 Å². The molecule has 7 heteroatoms. The van der Waals surface area contributed by atoms with Crippen LogP contribution < -0.4 is 15.4 Å². The number of hydrogen-bond donors (Lipinski definition) is 2. The molecule has 1 aliphatic rings. The van der Waals surface area contributed by atoms with Crippen molar-refractivity contribution in [1.29, 1.82) is 0 Å². The van der Waals surface area contributed by atoms with Gasteiger partial charge in [-0.15, -0.1) is 24.0 Å². The molecule has 0 amide bonds. The smallest absolute Gasteiger partial charge is 0.213 e. The molecule has 0 radical (unpaired) electrons. The molecule has 3 aromatic rings. The Bertz CT molecular complexity index is 985. The van der Waals surface area contributed by atoms with E-state index >= 15 is 0 Å². The summed E-state index contributed by atoms with van der Waals surface area (Å²) < 4.78 is 5.77. The Balaban J connectivity index is 0.00000256. The van der Waals surface area contributed by atoms with Crippen LogP contribution in [0.4, 0.5) is 0 Å². The Labute approximate surface area is 194 Å². The molecule has 0 saturated heterocycles. The largest absolute Gasteiger partial charge is 0.477 e. The number of halogens is 1. The summed E-state index contributed by atoms with van der Waals surface area (Å²) in [6.07, 6.45) is 6.18. The lowest BCUT2D eigenvalue weighted by Gasteiger charge is -2.13. The quantitative estimate of drug-likeness (QED) is 0.265. The number of guanidine groups is 1. The highest BCUT2D eigenvalue weighted by Gasteiger charge is 2.22. The van der Waals surface area contributed by atoms with E-state index in [2.05, 4.69) is 33.6 Å². The molecule has 0 bridgehead atoms. The number of benzene rings is 1. The van der Waals surface area contributed by atoms with Crippen molar-refractivity contribution < 1.29 is 4.74 Å². The summed E-state index contributed by atoms with van der Waals surface area (Å²) in [6, 6.07) is 14.2. The standard InChI is InChI=1S/C23H27N5O.HI/c1-2-24-23(28-15-19-10-12-25-21-6-4-3-5-20(19)21)27-14-18-9-11-26-22(13-18)29-16-17-7-8-17;/h3-6,9-13,17H,2,7-8,14-16H2,1H3,(H2,24,27,28);1H. The first-order chi connectivity index (χ1) is 14.3. The minimum absolute atomic E-state index is 0. The Hall–Kier alpha value is -2.42. The Morgan fingerprint density at radius 3 is 2.77 bits per heavy atom. The van der Waals surface area contributed by atoms with Crippen molar-refractivity contribution >= 4 is 40.8 Å². The number of nitrogens with zero attached hydrogens (tertiary/aromatic N) is 3. The molecule has 1 saturated carbocycles. The second-order valence-electron chi connectivity index (χ2n) is 7.29. The SMILES string of the molecule is CCNC(=NCc1ccnc(OCC2CC2)c1)NCc1ccnc2ccccc12.I. The van der Waals surface area contributed by atoms with Gasteiger partial charge in [-0.2, -0.15) is 0 Å². The minimum Gasteiger partial charge on any atom is -0.477 e. The second-order valence-corrected chi connectivity index (χ2v) is 7.29. The van der Waals surface area contributed by atoms with E-state index in [0.717, 1.165) is 35.6 Å². The van der Waals surface area contributed by atoms with Crippen LogP contribution in [0, 0.1) is 5.92 Å². The van der Waals surface area contributed by atoms with Crippen LogP contribution in [0.5, 0.6) is 5.88 Å². The maximum Gasteiger partial charge on any atom is 0.213 e. The lowest BCUT2D eigenvalue weighted by Crippen LogP contribution is -2.36. The van der Waals surface area contributed by atoms with Gasteiger partial charge < -0.3 is 15.4 Å². The first-order valence-corrected chi connectivity index (χ1v) is 10.2. The van der Waals surface area contributed by atoms with Crippen LogP contribution in [0.1, 0.15) is 30.9 Å². The monoisotopic (exact) mass is 517 g/mol. The van der Waals surface area contributed by atoms with Crippen molar-refractivity contribution in [3.05, 3.63) is 66.0 Å². The molecular weight excluding hydrogens is 489 g/mol. The van der Waals surface area contributed by atoms with Gasteiger partial charge in [0.05, 0.1) is 18.7 Å². The second kappa shape index (κ2) is 11.1. The third-order valence-electron chi connectivity index (χ3n) is 4.91. The first kappa shape index (κ1) is 22.3. The highest BCUT2D eigenvalue weighted by Crippen LogP contribution is 2.29. The third-order valence-corrected chi connectivity index (χ3v) is 4.91. The van der Waals surface area contributed by atoms with Crippen molar-refractivity contribution in [2.45, 2.75) is 32.9 Å². The first-order valence-electron chi connectivity index (χ1n) is 10.2. The highest BCUT2D eigenvalue weighted by atomic mass is 127. The number of hydrogen-bond acceptors (Lipinski definition) is 4. The Morgan fingerprint density at radius 1 is 1.10 bits per heavy atom. The molecule has 1 aliphatic carbocycles. The van der Waals surface area contributed by atoms with E-state index < -0.39 is 0 Å². The minimum atomic E-state index is 0. The Morgan fingerprint density at radius 2 is 1.93 bits per heavy atom. The molecule has 158 valence electrons. The van der Waals surface area contributed by atoms with Crippen LogP contribution in [0.2, 0.25) is 0 Å². The molecule has 0 spiro atoms. The van der Waals surface area contributed by atoms with Gasteiger partial charge in [0, 0.05) is 36.9 Å². The molecule has 1 fully saturated rings. The lowest BCUT2D eigenvalue weighted by atomic mass is 10.1. The molecule has 0 atom stereocenters. The van der Waals surface area contributed by atoms with E-state index in [1.54, 1.807) is 6.20 Å². The van der Waals surface area contributed by atoms with Gasteiger partial charge >= 0.3 is 0 Å². The molecule has 0 aliphatic heterocycles. The van der Waals surface area contributed by atoms with E-state index in [4.69, 9.17) is 9.73 Å². The molecule has 2 aromatic heterocycles. The average molecular weight is 517 g/mol. The molecule has 6 nitrogen and oxygen atoms in total. The summed E-state index contributed by atoms with van der Waals surface area (Å²) in [6.45, 7) is 4.88. The van der Waals surface area contributed by atoms with Gasteiger partial charge in [0.1, 0.15) is 0 Å². The molecule has 4 rings (SSSR count). The fourth-order valence-electron chi connectivity index (χ4n) is 3.12. The maximum atomic E-state index is 5.77. The topological polar surface area (TPSA) is 71.4 Å². The van der Waals surface area contributed by atoms with Crippen LogP contribution >= 0.6 is 24.0 Å². The van der Waals surface area contributed by atoms with Gasteiger partial charge in [-0.3, -0.25) is 4.98 Å². The zero-order valence-electron chi connectivity index (χ0n) is 17.2. The summed E-state index contributed by atoms with van der Waals surface area (Å²) in [7, 11) is 0. The fraction of sp³-hybridized carbons (Fsp3) is 0.348. The van der Waals surface area contributed by atoms with Crippen molar-refractivity contribution in [3.63, 3.8) is 0 Å². The normalized spacial score (nSPS) is 13.6. The predicted octanol–water partition coefficient (Wildman–Crippen LogP) is 4.29. The van der Waals surface area contributed by atoms with Crippen molar-refractivity contribution in [2.75, 3.05) is 13.2 Å². The van der Waals surface area contributed by atoms with E-state index in [1.807, 2.05) is 42.6 Å². The number of para-hydroxylation sites is 1. The van der Waals surface area contributed by atoms with Crippen LogP contribution in [0.25, 0.3) is 10.9 Å². The van der Waals surface area contributed by atoms with Crippen LogP contribution in [0.3, 0.4) is 0 Å². The summed E-state index contributed by atoms with van der Waals surface area (Å²) in [5.41, 5.74) is 3.28. The average Bonchev–Trinajstić information content (AvgIpc) is 3.59. The molecule has 30 heavy (non-hydrogen) atoms. The van der Waals surface area contributed by atoms with Crippen LogP contribution in [-0.4, -0.2) is 29.1 Å². The molecule has 1 aromatic carbocycles. The number of nitrogens with one attached hydrogen (secondary N) is 2. The number of fused-ring (bicyclic) bond motifs is 1. The van der Waals surface area contributed by atoms with E-state index in [0.29, 0.717) is 24.9 Å². The zero-order valence-corrected chi connectivity index (χ0v) is 19.5. The highest BCUT2D eigenvalue weighted by molar-refractivity contribution is 14.0. The molecule has 2 N–H and O–H groups in total. The predicted molar refractivity (Wildman–Crippen MR) is 131 cm³/mol. The van der Waals surface area contributed by atoms with E-state index in [9.17, 15) is 0 Å². The summed E-state index contributed by atoms with van der Waals surface area (Å²) in [5, 5.41) is 7.89. The van der Waals surface area contributed by atoms with Crippen molar-refractivity contribution in [2.24, 2.45) is 10.9 Å². The summed E-state index contributed by atoms with van der Waals surface area (Å²) in [5.74, 6) is 2.18. The van der Waals surface area contributed by atoms with Gasteiger partial charge in [0.25, 0.3) is 0 Å². The van der Waals surface area contributed by atoms with Crippen molar-refractivity contribution in [3.8, 4) is 5.88 Å². The number of rotatable bonds is 8. The molecule has 0 unspecified atom stereocenters. The summed E-state index contributed by atoms with van der Waals surface area (Å²) >= 11 is 0. The zero-order chi connectivity index (χ0) is 19.9. The third kappa shape index (κ3) is 6.29. The van der Waals surface area contributed by atoms with Gasteiger partial charge in [-0.05, 0) is 55.0 Å². The number of aliphatic imine (C=N–C) groups is 1. The molecular formula is C23H28IN5O. The Kier molecular flexibility index (Phi) is 8.24. The number of pyridine rings is 2. The van der Waals surface area contributed by atoms with Gasteiger partial charge in [-0.1, -0.05) is 18.2 Å². The number of aromatic nitrogens is 2. The van der Waals surface area contributed by atoms with Crippen LogP contribution in [-0.2, 0) is 13.1 Å². The maximum absolute atomic E-state index is 5.77. The van der Waals surface area contributed by atoms with Crippen LogP contribution in [0.15, 0.2) is 59.9 Å². The van der Waals surface area contributed by atoms with E-state index in [1.165, 1.54) is 18.4 Å². The fourth-order valence-corrected chi connectivity index (χ4v) is 3.12. The molecule has 2 heterocycles. The van der Waals surface area contributed by atoms with Gasteiger partial charge in [-0.25, -0.2) is 9.98 Å². The van der Waals surface area contributed by atoms with E-state index in [-0.39, 0.29) is 24.0 Å². The van der Waals surface area contributed by atoms with Gasteiger partial charge in [0.15, 0.2) is 5.96 Å². The van der Waals surface area contributed by atoms with Gasteiger partial charge in [0.2, 0.25) is 5.88 Å². The summed E-state index contributed by atoms with van der Waals surface area (Å²) in [4.78, 5) is 13.5. The lowest BCUT2D eigenvalue weighted by molar-refractivity contribution is 0.288.